The van der Waals surface area contributed by atoms with Gasteiger partial charge in [-0.05, 0) is 19.1 Å². The molecule has 0 fully saturated rings. The summed E-state index contributed by atoms with van der Waals surface area (Å²) in [5.41, 5.74) is 0.627. The van der Waals surface area contributed by atoms with Gasteiger partial charge < -0.3 is 4.74 Å². The summed E-state index contributed by atoms with van der Waals surface area (Å²) in [5, 5.41) is 9.51. The average Bonchev–Trinajstić information content (AvgIpc) is 2.17. The van der Waals surface area contributed by atoms with Crippen LogP contribution in [0.3, 0.4) is 0 Å². The Balaban J connectivity index is 3.13. The molecule has 0 aromatic heterocycles. The Morgan fingerprint density at radius 2 is 2.14 bits per heavy atom. The monoisotopic (exact) mass is 229 g/mol. The molecule has 0 saturated carbocycles. The fourth-order valence-electron chi connectivity index (χ4n) is 1.08. The second-order valence-corrected chi connectivity index (χ2v) is 3.39. The molecule has 0 unspecified atom stereocenters. The van der Waals surface area contributed by atoms with Crippen molar-refractivity contribution in [2.75, 3.05) is 6.61 Å². The highest BCUT2D eigenvalue weighted by Crippen LogP contribution is 2.33. The molecular formula is C10H9Cl2NO. The van der Waals surface area contributed by atoms with Crippen molar-refractivity contribution in [3.63, 3.8) is 0 Å². The van der Waals surface area contributed by atoms with E-state index >= 15 is 0 Å². The molecule has 0 spiro atoms. The van der Waals surface area contributed by atoms with Gasteiger partial charge in [-0.25, -0.2) is 0 Å². The van der Waals surface area contributed by atoms with Crippen LogP contribution in [0.4, 0.5) is 0 Å². The van der Waals surface area contributed by atoms with E-state index in [2.05, 4.69) is 0 Å². The zero-order valence-electron chi connectivity index (χ0n) is 7.68. The topological polar surface area (TPSA) is 33.0 Å². The maximum absolute atomic E-state index is 8.58. The van der Waals surface area contributed by atoms with Gasteiger partial charge in [0.05, 0.1) is 24.1 Å². The Bertz CT molecular complexity index is 371. The predicted octanol–water partition coefficient (Wildman–Crippen LogP) is 3.46. The first kappa shape index (κ1) is 11.2. The van der Waals surface area contributed by atoms with E-state index in [1.807, 2.05) is 13.0 Å². The van der Waals surface area contributed by atoms with Crippen molar-refractivity contribution in [3.05, 3.63) is 27.7 Å². The Kier molecular flexibility index (Phi) is 4.06. The van der Waals surface area contributed by atoms with E-state index in [0.717, 1.165) is 0 Å². The average molecular weight is 230 g/mol. The fourth-order valence-corrected chi connectivity index (χ4v) is 1.64. The van der Waals surface area contributed by atoms with Crippen LogP contribution in [-0.2, 0) is 6.42 Å². The second-order valence-electron chi connectivity index (χ2n) is 2.61. The predicted molar refractivity (Wildman–Crippen MR) is 56.9 cm³/mol. The van der Waals surface area contributed by atoms with Gasteiger partial charge in [0.15, 0.2) is 0 Å². The molecule has 0 N–H and O–H groups in total. The molecule has 14 heavy (non-hydrogen) atoms. The van der Waals surface area contributed by atoms with E-state index in [9.17, 15) is 0 Å². The maximum Gasteiger partial charge on any atom is 0.138 e. The third-order valence-electron chi connectivity index (χ3n) is 1.71. The van der Waals surface area contributed by atoms with E-state index in [4.69, 9.17) is 33.2 Å². The van der Waals surface area contributed by atoms with Crippen LogP contribution >= 0.6 is 23.2 Å². The number of benzene rings is 1. The van der Waals surface area contributed by atoms with Gasteiger partial charge in [-0.15, -0.1) is 0 Å². The molecule has 4 heteroatoms. The van der Waals surface area contributed by atoms with Crippen molar-refractivity contribution in [1.82, 2.24) is 0 Å². The summed E-state index contributed by atoms with van der Waals surface area (Å²) in [6.45, 7) is 2.41. The summed E-state index contributed by atoms with van der Waals surface area (Å²) in [4.78, 5) is 0. The maximum atomic E-state index is 8.58. The summed E-state index contributed by atoms with van der Waals surface area (Å²) >= 11 is 11.9. The molecule has 74 valence electrons. The smallest absolute Gasteiger partial charge is 0.138 e. The van der Waals surface area contributed by atoms with Gasteiger partial charge >= 0.3 is 0 Å². The molecule has 0 aliphatic rings. The molecule has 0 heterocycles. The van der Waals surface area contributed by atoms with Crippen LogP contribution in [0.5, 0.6) is 5.75 Å². The largest absolute Gasteiger partial charge is 0.492 e. The molecule has 0 bridgehead atoms. The minimum Gasteiger partial charge on any atom is -0.492 e. The summed E-state index contributed by atoms with van der Waals surface area (Å²) in [7, 11) is 0. The Labute approximate surface area is 93.0 Å². The Morgan fingerprint density at radius 1 is 1.43 bits per heavy atom. The van der Waals surface area contributed by atoms with E-state index in [-0.39, 0.29) is 6.42 Å². The number of rotatable bonds is 3. The van der Waals surface area contributed by atoms with Crippen LogP contribution < -0.4 is 4.74 Å². The first-order chi connectivity index (χ1) is 6.70. The summed E-state index contributed by atoms with van der Waals surface area (Å²) in [5.74, 6) is 0.573. The van der Waals surface area contributed by atoms with Gasteiger partial charge in [0.25, 0.3) is 0 Å². The van der Waals surface area contributed by atoms with Gasteiger partial charge in [0.1, 0.15) is 5.75 Å². The molecule has 0 saturated heterocycles. The van der Waals surface area contributed by atoms with E-state index in [1.54, 1.807) is 12.1 Å². The zero-order chi connectivity index (χ0) is 10.6. The molecule has 0 atom stereocenters. The zero-order valence-corrected chi connectivity index (χ0v) is 9.19. The van der Waals surface area contributed by atoms with Crippen LogP contribution in [0.25, 0.3) is 0 Å². The summed E-state index contributed by atoms with van der Waals surface area (Å²) in [6, 6.07) is 5.40. The van der Waals surface area contributed by atoms with Crippen LogP contribution in [-0.4, -0.2) is 6.61 Å². The van der Waals surface area contributed by atoms with Gasteiger partial charge in [-0.2, -0.15) is 5.26 Å². The first-order valence-electron chi connectivity index (χ1n) is 4.17. The molecular weight excluding hydrogens is 221 g/mol. The van der Waals surface area contributed by atoms with Crippen molar-refractivity contribution in [1.29, 1.82) is 5.26 Å². The molecule has 0 amide bonds. The molecule has 0 radical (unpaired) electrons. The number of hydrogen-bond donors (Lipinski definition) is 0. The molecule has 0 aliphatic heterocycles. The van der Waals surface area contributed by atoms with Gasteiger partial charge in [0, 0.05) is 10.6 Å². The van der Waals surface area contributed by atoms with Crippen LogP contribution in [0.1, 0.15) is 12.5 Å². The summed E-state index contributed by atoms with van der Waals surface area (Å²) < 4.78 is 5.28. The molecule has 1 aromatic rings. The molecule has 1 aromatic carbocycles. The Morgan fingerprint density at radius 3 is 2.71 bits per heavy atom. The minimum absolute atomic E-state index is 0.193. The normalized spacial score (nSPS) is 9.57. The molecule has 2 nitrogen and oxygen atoms in total. The lowest BCUT2D eigenvalue weighted by atomic mass is 10.1. The number of ether oxygens (including phenoxy) is 1. The van der Waals surface area contributed by atoms with E-state index in [0.29, 0.717) is 28.0 Å². The van der Waals surface area contributed by atoms with Crippen molar-refractivity contribution in [2.45, 2.75) is 13.3 Å². The lowest BCUT2D eigenvalue weighted by molar-refractivity contribution is 0.340. The van der Waals surface area contributed by atoms with Gasteiger partial charge in [-0.1, -0.05) is 23.2 Å². The first-order valence-corrected chi connectivity index (χ1v) is 4.93. The Hall–Kier alpha value is -0.910. The van der Waals surface area contributed by atoms with Crippen LogP contribution in [0.2, 0.25) is 10.0 Å². The third-order valence-corrected chi connectivity index (χ3v) is 2.47. The van der Waals surface area contributed by atoms with Crippen LogP contribution in [0, 0.1) is 11.3 Å². The number of nitrogens with zero attached hydrogens (tertiary/aromatic N) is 1. The van der Waals surface area contributed by atoms with E-state index < -0.39 is 0 Å². The minimum atomic E-state index is 0.193. The second kappa shape index (κ2) is 5.09. The van der Waals surface area contributed by atoms with E-state index in [1.165, 1.54) is 0 Å². The summed E-state index contributed by atoms with van der Waals surface area (Å²) in [6.07, 6.45) is 0.193. The van der Waals surface area contributed by atoms with Gasteiger partial charge in [-0.3, -0.25) is 0 Å². The van der Waals surface area contributed by atoms with Crippen molar-refractivity contribution >= 4 is 23.2 Å². The fraction of sp³-hybridized carbons (Fsp3) is 0.300. The quantitative estimate of drug-likeness (QED) is 0.796. The van der Waals surface area contributed by atoms with Crippen LogP contribution in [0.15, 0.2) is 12.1 Å². The molecule has 0 aliphatic carbocycles. The lowest BCUT2D eigenvalue weighted by Gasteiger charge is -2.09. The van der Waals surface area contributed by atoms with Crippen molar-refractivity contribution in [2.24, 2.45) is 0 Å². The standard InChI is InChI=1S/C10H9Cl2NO/c1-2-14-9-4-3-8(11)7(5-6-13)10(9)12/h3-4H,2,5H2,1H3. The highest BCUT2D eigenvalue weighted by Gasteiger charge is 2.10. The number of halogens is 2. The third kappa shape index (κ3) is 2.31. The highest BCUT2D eigenvalue weighted by atomic mass is 35.5. The van der Waals surface area contributed by atoms with Crippen molar-refractivity contribution in [3.8, 4) is 11.8 Å². The van der Waals surface area contributed by atoms with Gasteiger partial charge in [0.2, 0.25) is 0 Å². The molecule has 1 rings (SSSR count). The SMILES string of the molecule is CCOc1ccc(Cl)c(CC#N)c1Cl. The number of nitriles is 1. The lowest BCUT2D eigenvalue weighted by Crippen LogP contribution is -1.95. The highest BCUT2D eigenvalue weighted by molar-refractivity contribution is 6.37. The number of hydrogen-bond acceptors (Lipinski definition) is 2. The van der Waals surface area contributed by atoms with Crippen molar-refractivity contribution < 1.29 is 4.74 Å².